The Morgan fingerprint density at radius 2 is 1.96 bits per heavy atom. The van der Waals surface area contributed by atoms with Crippen LogP contribution in [-0.2, 0) is 11.2 Å². The summed E-state index contributed by atoms with van der Waals surface area (Å²) < 4.78 is 0. The molecule has 0 bridgehead atoms. The molecule has 0 radical (unpaired) electrons. The number of pyridine rings is 1. The van der Waals surface area contributed by atoms with Gasteiger partial charge in [0.15, 0.2) is 0 Å². The van der Waals surface area contributed by atoms with Gasteiger partial charge in [-0.25, -0.2) is 9.97 Å². The highest BCUT2D eigenvalue weighted by Crippen LogP contribution is 2.19. The number of amides is 1. The molecule has 0 aliphatic carbocycles. The summed E-state index contributed by atoms with van der Waals surface area (Å²) in [6, 6.07) is 12.9. The van der Waals surface area contributed by atoms with Crippen LogP contribution in [0.2, 0.25) is 0 Å². The van der Waals surface area contributed by atoms with E-state index in [1.165, 1.54) is 0 Å². The number of aromatic amines is 1. The molecule has 4 N–H and O–H groups in total. The standard InChI is InChI=1S/C17H17N5O/c18-15(8-14-10-19-11-21-14)17(23)22-16-7-6-13(9-20-16)12-4-2-1-3-5-12/h1-7,9-11,15H,8,18H2,(H,19,21)(H,20,22,23). The maximum absolute atomic E-state index is 12.1. The van der Waals surface area contributed by atoms with E-state index in [4.69, 9.17) is 5.73 Å². The summed E-state index contributed by atoms with van der Waals surface area (Å²) in [6.07, 6.45) is 5.34. The highest BCUT2D eigenvalue weighted by Gasteiger charge is 2.15. The largest absolute Gasteiger partial charge is 0.348 e. The maximum Gasteiger partial charge on any atom is 0.242 e. The average molecular weight is 307 g/mol. The number of nitrogens with one attached hydrogen (secondary N) is 2. The van der Waals surface area contributed by atoms with Gasteiger partial charge in [-0.15, -0.1) is 0 Å². The summed E-state index contributed by atoms with van der Waals surface area (Å²) in [6.45, 7) is 0. The first-order chi connectivity index (χ1) is 11.2. The minimum atomic E-state index is -0.661. The van der Waals surface area contributed by atoms with E-state index in [-0.39, 0.29) is 5.91 Å². The first-order valence-electron chi connectivity index (χ1n) is 7.27. The Labute approximate surface area is 133 Å². The summed E-state index contributed by atoms with van der Waals surface area (Å²) in [5, 5.41) is 2.72. The first-order valence-corrected chi connectivity index (χ1v) is 7.27. The number of aromatic nitrogens is 3. The van der Waals surface area contributed by atoms with Crippen LogP contribution in [0.1, 0.15) is 5.69 Å². The number of nitrogens with two attached hydrogens (primary N) is 1. The molecular weight excluding hydrogens is 290 g/mol. The fraction of sp³-hybridized carbons (Fsp3) is 0.118. The molecule has 3 aromatic rings. The van der Waals surface area contributed by atoms with Gasteiger partial charge in [-0.3, -0.25) is 4.79 Å². The number of hydrogen-bond donors (Lipinski definition) is 3. The molecule has 1 aromatic carbocycles. The number of benzene rings is 1. The monoisotopic (exact) mass is 307 g/mol. The predicted molar refractivity (Wildman–Crippen MR) is 88.6 cm³/mol. The maximum atomic E-state index is 12.1. The van der Waals surface area contributed by atoms with E-state index >= 15 is 0 Å². The Hall–Kier alpha value is -2.99. The summed E-state index contributed by atoms with van der Waals surface area (Å²) >= 11 is 0. The summed E-state index contributed by atoms with van der Waals surface area (Å²) in [5.41, 5.74) is 8.78. The van der Waals surface area contributed by atoms with Crippen LogP contribution >= 0.6 is 0 Å². The van der Waals surface area contributed by atoms with Crippen LogP contribution in [0.5, 0.6) is 0 Å². The minimum Gasteiger partial charge on any atom is -0.348 e. The molecule has 6 nitrogen and oxygen atoms in total. The van der Waals surface area contributed by atoms with Gasteiger partial charge in [0.05, 0.1) is 12.4 Å². The molecule has 6 heteroatoms. The number of anilines is 1. The third-order valence-corrected chi connectivity index (χ3v) is 3.45. The van der Waals surface area contributed by atoms with E-state index in [1.807, 2.05) is 36.4 Å². The van der Waals surface area contributed by atoms with Gasteiger partial charge in [-0.2, -0.15) is 0 Å². The summed E-state index contributed by atoms with van der Waals surface area (Å²) in [4.78, 5) is 23.2. The van der Waals surface area contributed by atoms with Crippen molar-refractivity contribution in [2.45, 2.75) is 12.5 Å². The lowest BCUT2D eigenvalue weighted by Crippen LogP contribution is -2.37. The van der Waals surface area contributed by atoms with Crippen molar-refractivity contribution >= 4 is 11.7 Å². The van der Waals surface area contributed by atoms with E-state index in [1.54, 1.807) is 24.8 Å². The predicted octanol–water partition coefficient (Wildman–Crippen LogP) is 1.98. The Bertz CT molecular complexity index is 753. The normalized spacial score (nSPS) is 11.9. The quantitative estimate of drug-likeness (QED) is 0.671. The van der Waals surface area contributed by atoms with Crippen molar-refractivity contribution in [3.63, 3.8) is 0 Å². The molecular formula is C17H17N5O. The van der Waals surface area contributed by atoms with Crippen LogP contribution in [0.15, 0.2) is 61.2 Å². The number of hydrogen-bond acceptors (Lipinski definition) is 4. The average Bonchev–Trinajstić information content (AvgIpc) is 3.09. The SMILES string of the molecule is NC(Cc1cnc[nH]1)C(=O)Nc1ccc(-c2ccccc2)cn1. The van der Waals surface area contributed by atoms with E-state index in [9.17, 15) is 4.79 Å². The minimum absolute atomic E-state index is 0.278. The van der Waals surface area contributed by atoms with Crippen molar-refractivity contribution in [3.8, 4) is 11.1 Å². The number of rotatable bonds is 5. The van der Waals surface area contributed by atoms with Gasteiger partial charge in [0.1, 0.15) is 5.82 Å². The van der Waals surface area contributed by atoms with E-state index in [0.717, 1.165) is 16.8 Å². The van der Waals surface area contributed by atoms with Crippen LogP contribution in [0.3, 0.4) is 0 Å². The Kier molecular flexibility index (Phi) is 4.44. The van der Waals surface area contributed by atoms with Crippen LogP contribution in [-0.4, -0.2) is 26.9 Å². The van der Waals surface area contributed by atoms with Crippen LogP contribution in [0.4, 0.5) is 5.82 Å². The zero-order chi connectivity index (χ0) is 16.1. The van der Waals surface area contributed by atoms with Crippen molar-refractivity contribution < 1.29 is 4.79 Å². The van der Waals surface area contributed by atoms with Gasteiger partial charge in [-0.1, -0.05) is 30.3 Å². The second-order valence-electron chi connectivity index (χ2n) is 5.17. The second-order valence-corrected chi connectivity index (χ2v) is 5.17. The summed E-state index contributed by atoms with van der Waals surface area (Å²) in [7, 11) is 0. The van der Waals surface area contributed by atoms with Gasteiger partial charge in [0.25, 0.3) is 0 Å². The summed E-state index contributed by atoms with van der Waals surface area (Å²) in [5.74, 6) is 0.203. The fourth-order valence-corrected chi connectivity index (χ4v) is 2.21. The molecule has 1 unspecified atom stereocenters. The number of carbonyl (C=O) groups is 1. The molecule has 0 spiro atoms. The van der Waals surface area contributed by atoms with Crippen molar-refractivity contribution in [1.29, 1.82) is 0 Å². The Morgan fingerprint density at radius 3 is 2.61 bits per heavy atom. The smallest absolute Gasteiger partial charge is 0.242 e. The van der Waals surface area contributed by atoms with Crippen molar-refractivity contribution in [3.05, 3.63) is 66.9 Å². The molecule has 0 aliphatic rings. The van der Waals surface area contributed by atoms with E-state index in [0.29, 0.717) is 12.2 Å². The zero-order valence-electron chi connectivity index (χ0n) is 12.4. The molecule has 1 atom stereocenters. The van der Waals surface area contributed by atoms with Crippen molar-refractivity contribution in [2.24, 2.45) is 5.73 Å². The van der Waals surface area contributed by atoms with E-state index in [2.05, 4.69) is 20.3 Å². The number of carbonyl (C=O) groups excluding carboxylic acids is 1. The molecule has 2 heterocycles. The molecule has 1 amide bonds. The highest BCUT2D eigenvalue weighted by molar-refractivity contribution is 5.94. The van der Waals surface area contributed by atoms with Gasteiger partial charge in [-0.05, 0) is 17.7 Å². The van der Waals surface area contributed by atoms with Gasteiger partial charge in [0.2, 0.25) is 5.91 Å². The number of nitrogens with zero attached hydrogens (tertiary/aromatic N) is 2. The van der Waals surface area contributed by atoms with Crippen LogP contribution in [0.25, 0.3) is 11.1 Å². The zero-order valence-corrected chi connectivity index (χ0v) is 12.4. The van der Waals surface area contributed by atoms with Crippen molar-refractivity contribution in [2.75, 3.05) is 5.32 Å². The van der Waals surface area contributed by atoms with Crippen LogP contribution in [0, 0.1) is 0 Å². The molecule has 2 aromatic heterocycles. The highest BCUT2D eigenvalue weighted by atomic mass is 16.2. The number of H-pyrrole nitrogens is 1. The van der Waals surface area contributed by atoms with Gasteiger partial charge in [0, 0.05) is 30.1 Å². The Morgan fingerprint density at radius 1 is 1.13 bits per heavy atom. The third kappa shape index (κ3) is 3.81. The fourth-order valence-electron chi connectivity index (χ4n) is 2.21. The molecule has 23 heavy (non-hydrogen) atoms. The molecule has 0 saturated carbocycles. The van der Waals surface area contributed by atoms with Gasteiger partial charge < -0.3 is 16.0 Å². The van der Waals surface area contributed by atoms with Crippen LogP contribution < -0.4 is 11.1 Å². The first kappa shape index (κ1) is 14.9. The van der Waals surface area contributed by atoms with E-state index < -0.39 is 6.04 Å². The van der Waals surface area contributed by atoms with Gasteiger partial charge >= 0.3 is 0 Å². The lowest BCUT2D eigenvalue weighted by Gasteiger charge is -2.11. The molecule has 3 rings (SSSR count). The number of imidazole rings is 1. The molecule has 0 saturated heterocycles. The third-order valence-electron chi connectivity index (χ3n) is 3.45. The lowest BCUT2D eigenvalue weighted by atomic mass is 10.1. The topological polar surface area (TPSA) is 96.7 Å². The van der Waals surface area contributed by atoms with Crippen molar-refractivity contribution in [1.82, 2.24) is 15.0 Å². The second kappa shape index (κ2) is 6.85. The molecule has 0 fully saturated rings. The molecule has 0 aliphatic heterocycles. The molecule has 116 valence electrons. The Balaban J connectivity index is 1.62. The lowest BCUT2D eigenvalue weighted by molar-refractivity contribution is -0.117.